The minimum absolute atomic E-state index is 0.268. The van der Waals surface area contributed by atoms with Crippen LogP contribution in [0.5, 0.6) is 5.75 Å². The van der Waals surface area contributed by atoms with E-state index in [1.165, 1.54) is 0 Å². The maximum Gasteiger partial charge on any atom is 0.240 e. The van der Waals surface area contributed by atoms with Crippen molar-refractivity contribution in [1.82, 2.24) is 5.32 Å². The van der Waals surface area contributed by atoms with Gasteiger partial charge in [-0.2, -0.15) is 0 Å². The SMILES string of the molecule is COc1ccccc1CCCNC(=O)CN(c1ccccc1Br)S(C)(=O)=O. The number of benzene rings is 2. The number of carbonyl (C=O) groups is 1. The lowest BCUT2D eigenvalue weighted by atomic mass is 10.1. The summed E-state index contributed by atoms with van der Waals surface area (Å²) < 4.78 is 31.2. The summed E-state index contributed by atoms with van der Waals surface area (Å²) in [7, 11) is -1.97. The molecule has 0 saturated carbocycles. The van der Waals surface area contributed by atoms with E-state index >= 15 is 0 Å². The summed E-state index contributed by atoms with van der Waals surface area (Å²) >= 11 is 3.33. The highest BCUT2D eigenvalue weighted by molar-refractivity contribution is 9.10. The van der Waals surface area contributed by atoms with Gasteiger partial charge in [0.2, 0.25) is 15.9 Å². The number of nitrogens with one attached hydrogen (secondary N) is 1. The quantitative estimate of drug-likeness (QED) is 0.590. The van der Waals surface area contributed by atoms with E-state index in [1.807, 2.05) is 24.3 Å². The number of anilines is 1. The van der Waals surface area contributed by atoms with Crippen molar-refractivity contribution in [1.29, 1.82) is 0 Å². The second-order valence-electron chi connectivity index (χ2n) is 5.99. The molecule has 2 aromatic carbocycles. The lowest BCUT2D eigenvalue weighted by molar-refractivity contribution is -0.119. The highest BCUT2D eigenvalue weighted by Crippen LogP contribution is 2.27. The van der Waals surface area contributed by atoms with E-state index in [-0.39, 0.29) is 12.5 Å². The number of carbonyl (C=O) groups excluding carboxylic acids is 1. The van der Waals surface area contributed by atoms with Crippen molar-refractivity contribution in [2.45, 2.75) is 12.8 Å². The van der Waals surface area contributed by atoms with Crippen LogP contribution in [-0.4, -0.2) is 40.8 Å². The first-order chi connectivity index (χ1) is 12.8. The van der Waals surface area contributed by atoms with Gasteiger partial charge in [0.25, 0.3) is 0 Å². The maximum absolute atomic E-state index is 12.3. The number of halogens is 1. The Kier molecular flexibility index (Phi) is 7.67. The fourth-order valence-electron chi connectivity index (χ4n) is 2.64. The Morgan fingerprint density at radius 2 is 1.81 bits per heavy atom. The Hall–Kier alpha value is -2.06. The van der Waals surface area contributed by atoms with E-state index in [0.717, 1.165) is 34.7 Å². The molecule has 27 heavy (non-hydrogen) atoms. The van der Waals surface area contributed by atoms with Crippen LogP contribution < -0.4 is 14.4 Å². The zero-order valence-electron chi connectivity index (χ0n) is 15.3. The van der Waals surface area contributed by atoms with Crippen LogP contribution in [0.3, 0.4) is 0 Å². The predicted octanol–water partition coefficient (Wildman–Crippen LogP) is 2.97. The Morgan fingerprint density at radius 3 is 2.48 bits per heavy atom. The Labute approximate surface area is 168 Å². The number of aryl methyl sites for hydroxylation is 1. The van der Waals surface area contributed by atoms with Gasteiger partial charge >= 0.3 is 0 Å². The summed E-state index contributed by atoms with van der Waals surface area (Å²) in [6, 6.07) is 14.6. The molecule has 6 nitrogen and oxygen atoms in total. The molecule has 2 rings (SSSR count). The molecule has 1 N–H and O–H groups in total. The monoisotopic (exact) mass is 454 g/mol. The molecular formula is C19H23BrN2O4S. The molecule has 0 aliphatic heterocycles. The van der Waals surface area contributed by atoms with Crippen molar-refractivity contribution in [2.75, 3.05) is 30.8 Å². The number of ether oxygens (including phenoxy) is 1. The van der Waals surface area contributed by atoms with Gasteiger partial charge in [-0.15, -0.1) is 0 Å². The van der Waals surface area contributed by atoms with Gasteiger partial charge in [-0.3, -0.25) is 9.10 Å². The average molecular weight is 455 g/mol. The van der Waals surface area contributed by atoms with Crippen LogP contribution >= 0.6 is 15.9 Å². The molecule has 8 heteroatoms. The van der Waals surface area contributed by atoms with E-state index in [4.69, 9.17) is 4.74 Å². The van der Waals surface area contributed by atoms with Crippen LogP contribution in [0.4, 0.5) is 5.69 Å². The van der Waals surface area contributed by atoms with Crippen molar-refractivity contribution < 1.29 is 17.9 Å². The third-order valence-electron chi connectivity index (χ3n) is 3.95. The summed E-state index contributed by atoms with van der Waals surface area (Å²) in [6.07, 6.45) is 2.56. The number of para-hydroxylation sites is 2. The lowest BCUT2D eigenvalue weighted by Crippen LogP contribution is -2.40. The summed E-state index contributed by atoms with van der Waals surface area (Å²) in [4.78, 5) is 12.3. The first-order valence-corrected chi connectivity index (χ1v) is 11.1. The van der Waals surface area contributed by atoms with Crippen LogP contribution in [0.15, 0.2) is 53.0 Å². The third-order valence-corrected chi connectivity index (χ3v) is 5.74. The molecule has 0 aliphatic rings. The molecule has 0 atom stereocenters. The van der Waals surface area contributed by atoms with Crippen LogP contribution in [0.1, 0.15) is 12.0 Å². The Morgan fingerprint density at radius 1 is 1.15 bits per heavy atom. The van der Waals surface area contributed by atoms with Gasteiger partial charge in [0.05, 0.1) is 19.1 Å². The molecule has 0 heterocycles. The Balaban J connectivity index is 1.92. The van der Waals surface area contributed by atoms with Gasteiger partial charge in [-0.25, -0.2) is 8.42 Å². The van der Waals surface area contributed by atoms with Crippen LogP contribution in [0.25, 0.3) is 0 Å². The fourth-order valence-corrected chi connectivity index (χ4v) is 4.12. The predicted molar refractivity (Wildman–Crippen MR) is 111 cm³/mol. The van der Waals surface area contributed by atoms with Crippen molar-refractivity contribution in [3.63, 3.8) is 0 Å². The van der Waals surface area contributed by atoms with E-state index in [0.29, 0.717) is 16.7 Å². The van der Waals surface area contributed by atoms with Crippen molar-refractivity contribution in [3.05, 3.63) is 58.6 Å². The summed E-state index contributed by atoms with van der Waals surface area (Å²) in [5.41, 5.74) is 1.50. The molecule has 2 aromatic rings. The molecule has 0 saturated heterocycles. The molecule has 0 aliphatic carbocycles. The lowest BCUT2D eigenvalue weighted by Gasteiger charge is -2.23. The van der Waals surface area contributed by atoms with Gasteiger partial charge in [-0.1, -0.05) is 30.3 Å². The van der Waals surface area contributed by atoms with Crippen LogP contribution in [-0.2, 0) is 21.2 Å². The van der Waals surface area contributed by atoms with Crippen molar-refractivity contribution >= 4 is 37.5 Å². The van der Waals surface area contributed by atoms with Gasteiger partial charge in [0.15, 0.2) is 0 Å². The molecule has 1 amide bonds. The zero-order valence-corrected chi connectivity index (χ0v) is 17.7. The number of amides is 1. The number of rotatable bonds is 9. The maximum atomic E-state index is 12.3. The second kappa shape index (κ2) is 9.75. The molecular weight excluding hydrogens is 432 g/mol. The van der Waals surface area contributed by atoms with Crippen molar-refractivity contribution in [3.8, 4) is 5.75 Å². The minimum atomic E-state index is -3.59. The highest BCUT2D eigenvalue weighted by Gasteiger charge is 2.22. The normalized spacial score (nSPS) is 11.1. The summed E-state index contributed by atoms with van der Waals surface area (Å²) in [6.45, 7) is 0.181. The number of nitrogens with zero attached hydrogens (tertiary/aromatic N) is 1. The number of hydrogen-bond donors (Lipinski definition) is 1. The van der Waals surface area contributed by atoms with Crippen LogP contribution in [0.2, 0.25) is 0 Å². The van der Waals surface area contributed by atoms with Gasteiger partial charge < -0.3 is 10.1 Å². The number of hydrogen-bond acceptors (Lipinski definition) is 4. The van der Waals surface area contributed by atoms with Gasteiger partial charge in [0.1, 0.15) is 12.3 Å². The second-order valence-corrected chi connectivity index (χ2v) is 8.75. The largest absolute Gasteiger partial charge is 0.496 e. The molecule has 0 spiro atoms. The molecule has 0 bridgehead atoms. The van der Waals surface area contributed by atoms with E-state index < -0.39 is 10.0 Å². The van der Waals surface area contributed by atoms with E-state index in [1.54, 1.807) is 31.4 Å². The average Bonchev–Trinajstić information content (AvgIpc) is 2.63. The summed E-state index contributed by atoms with van der Waals surface area (Å²) in [5, 5.41) is 2.78. The smallest absolute Gasteiger partial charge is 0.240 e. The first kappa shape index (κ1) is 21.2. The van der Waals surface area contributed by atoms with Gasteiger partial charge in [-0.05, 0) is 52.5 Å². The number of sulfonamides is 1. The molecule has 146 valence electrons. The standard InChI is InChI=1S/C19H23BrN2O4S/c1-26-18-12-6-3-8-15(18)9-7-13-21-19(23)14-22(27(2,24)25)17-11-5-4-10-16(17)20/h3-6,8,10-12H,7,9,13-14H2,1-2H3,(H,21,23). The summed E-state index contributed by atoms with van der Waals surface area (Å²) in [5.74, 6) is 0.470. The molecule has 0 unspecified atom stereocenters. The molecule has 0 aromatic heterocycles. The zero-order chi connectivity index (χ0) is 19.9. The third kappa shape index (κ3) is 6.25. The van der Waals surface area contributed by atoms with Gasteiger partial charge in [0, 0.05) is 11.0 Å². The van der Waals surface area contributed by atoms with Crippen molar-refractivity contribution in [2.24, 2.45) is 0 Å². The highest BCUT2D eigenvalue weighted by atomic mass is 79.9. The van der Waals surface area contributed by atoms with E-state index in [9.17, 15) is 13.2 Å². The van der Waals surface area contributed by atoms with Crippen LogP contribution in [0, 0.1) is 0 Å². The van der Waals surface area contributed by atoms with E-state index in [2.05, 4.69) is 21.2 Å². The minimum Gasteiger partial charge on any atom is -0.496 e. The Bertz CT molecular complexity index is 887. The number of methoxy groups -OCH3 is 1. The topological polar surface area (TPSA) is 75.7 Å². The fraction of sp³-hybridized carbons (Fsp3) is 0.316. The molecule has 0 fully saturated rings. The molecule has 0 radical (unpaired) electrons. The first-order valence-electron chi connectivity index (χ1n) is 8.43.